The first-order valence-corrected chi connectivity index (χ1v) is 3.37. The number of aldehydes is 1. The second-order valence-corrected chi connectivity index (χ2v) is 2.32. The van der Waals surface area contributed by atoms with Crippen LogP contribution in [-0.2, 0) is 4.79 Å². The molecule has 0 fully saturated rings. The van der Waals surface area contributed by atoms with Crippen molar-refractivity contribution in [2.24, 2.45) is 9.98 Å². The Labute approximate surface area is 63.9 Å². The molecule has 11 heavy (non-hydrogen) atoms. The lowest BCUT2D eigenvalue weighted by molar-refractivity contribution is -0.104. The largest absolute Gasteiger partial charge is 0.296 e. The molecule has 0 radical (unpaired) electrons. The van der Waals surface area contributed by atoms with Gasteiger partial charge < -0.3 is 0 Å². The number of carbonyl (C=O) groups is 1. The molecule has 0 atom stereocenters. The van der Waals surface area contributed by atoms with Gasteiger partial charge in [0.1, 0.15) is 5.70 Å². The van der Waals surface area contributed by atoms with E-state index in [-0.39, 0.29) is 0 Å². The molecule has 0 unspecified atom stereocenters. The van der Waals surface area contributed by atoms with Gasteiger partial charge in [0, 0.05) is 24.4 Å². The number of hydrogen-bond acceptors (Lipinski definition) is 3. The van der Waals surface area contributed by atoms with Crippen molar-refractivity contribution >= 4 is 18.2 Å². The van der Waals surface area contributed by atoms with Gasteiger partial charge in [0.25, 0.3) is 0 Å². The van der Waals surface area contributed by atoms with Crippen LogP contribution in [0.1, 0.15) is 6.42 Å². The first-order chi connectivity index (χ1) is 5.42. The van der Waals surface area contributed by atoms with E-state index in [1.807, 2.05) is 6.08 Å². The van der Waals surface area contributed by atoms with Crippen LogP contribution in [0.15, 0.2) is 33.5 Å². The molecule has 0 spiro atoms. The van der Waals surface area contributed by atoms with Crippen molar-refractivity contribution in [3.05, 3.63) is 23.5 Å². The number of rotatable bonds is 1. The standard InChI is InChI=1S/C8H6N2O/c11-5-8-6-1-3-9-7(6)2-4-10-8/h1,3-5H,2H2. The number of aliphatic imine (C=N–C) groups is 2. The van der Waals surface area contributed by atoms with Gasteiger partial charge in [-0.2, -0.15) is 0 Å². The minimum Gasteiger partial charge on any atom is -0.296 e. The molecule has 0 saturated carbocycles. The van der Waals surface area contributed by atoms with Crippen LogP contribution in [0, 0.1) is 0 Å². The van der Waals surface area contributed by atoms with Crippen molar-refractivity contribution in [3.8, 4) is 0 Å². The van der Waals surface area contributed by atoms with E-state index in [1.54, 1.807) is 12.4 Å². The summed E-state index contributed by atoms with van der Waals surface area (Å²) in [6.45, 7) is 0. The fraction of sp³-hybridized carbons (Fsp3) is 0.125. The third-order valence-corrected chi connectivity index (χ3v) is 1.69. The highest BCUT2D eigenvalue weighted by atomic mass is 16.1. The van der Waals surface area contributed by atoms with Gasteiger partial charge in [-0.15, -0.1) is 0 Å². The predicted molar refractivity (Wildman–Crippen MR) is 42.8 cm³/mol. The molecule has 2 aliphatic heterocycles. The molecule has 0 aromatic rings. The van der Waals surface area contributed by atoms with Gasteiger partial charge in [-0.25, -0.2) is 0 Å². The molecular formula is C8H6N2O. The third kappa shape index (κ3) is 0.852. The molecule has 3 heteroatoms. The van der Waals surface area contributed by atoms with E-state index in [2.05, 4.69) is 9.98 Å². The second kappa shape index (κ2) is 2.27. The summed E-state index contributed by atoms with van der Waals surface area (Å²) < 4.78 is 0. The van der Waals surface area contributed by atoms with Crippen LogP contribution >= 0.6 is 0 Å². The Morgan fingerprint density at radius 1 is 1.55 bits per heavy atom. The average Bonchev–Trinajstić information content (AvgIpc) is 2.50. The monoisotopic (exact) mass is 146 g/mol. The smallest absolute Gasteiger partial charge is 0.169 e. The predicted octanol–water partition coefficient (Wildman–Crippen LogP) is 0.882. The zero-order valence-corrected chi connectivity index (χ0v) is 5.82. The van der Waals surface area contributed by atoms with Gasteiger partial charge >= 0.3 is 0 Å². The minimum atomic E-state index is 0.490. The molecular weight excluding hydrogens is 140 g/mol. The zero-order valence-electron chi connectivity index (χ0n) is 5.82. The Hall–Kier alpha value is -1.51. The molecule has 0 N–H and O–H groups in total. The first-order valence-electron chi connectivity index (χ1n) is 3.37. The van der Waals surface area contributed by atoms with Gasteiger partial charge in [0.05, 0.1) is 5.71 Å². The average molecular weight is 146 g/mol. The summed E-state index contributed by atoms with van der Waals surface area (Å²) in [4.78, 5) is 18.5. The maximum Gasteiger partial charge on any atom is 0.169 e. The van der Waals surface area contributed by atoms with Gasteiger partial charge in [-0.05, 0) is 6.08 Å². The lowest BCUT2D eigenvalue weighted by Gasteiger charge is -2.05. The summed E-state index contributed by atoms with van der Waals surface area (Å²) in [6, 6.07) is 0. The zero-order chi connectivity index (χ0) is 7.68. The SMILES string of the molecule is O=CC1=C2C=CN=C2CC=N1. The van der Waals surface area contributed by atoms with Crippen LogP contribution in [-0.4, -0.2) is 18.2 Å². The number of allylic oxidation sites excluding steroid dienone is 3. The van der Waals surface area contributed by atoms with E-state index in [0.717, 1.165) is 24.0 Å². The molecule has 0 saturated heterocycles. The number of nitrogens with zero attached hydrogens (tertiary/aromatic N) is 2. The van der Waals surface area contributed by atoms with Crippen molar-refractivity contribution in [1.82, 2.24) is 0 Å². The summed E-state index contributed by atoms with van der Waals surface area (Å²) in [5.41, 5.74) is 2.31. The Bertz CT molecular complexity index is 321. The number of hydrogen-bond donors (Lipinski definition) is 0. The molecule has 2 heterocycles. The highest BCUT2D eigenvalue weighted by Gasteiger charge is 2.15. The van der Waals surface area contributed by atoms with E-state index < -0.39 is 0 Å². The second-order valence-electron chi connectivity index (χ2n) is 2.32. The van der Waals surface area contributed by atoms with Crippen LogP contribution < -0.4 is 0 Å². The van der Waals surface area contributed by atoms with Crippen LogP contribution in [0.4, 0.5) is 0 Å². The summed E-state index contributed by atoms with van der Waals surface area (Å²) in [5, 5.41) is 0. The van der Waals surface area contributed by atoms with E-state index in [4.69, 9.17) is 0 Å². The molecule has 0 bridgehead atoms. The topological polar surface area (TPSA) is 41.8 Å². The Balaban J connectivity index is 2.54. The lowest BCUT2D eigenvalue weighted by Crippen LogP contribution is -2.07. The molecule has 0 aromatic carbocycles. The van der Waals surface area contributed by atoms with E-state index >= 15 is 0 Å². The van der Waals surface area contributed by atoms with Crippen LogP contribution in [0.5, 0.6) is 0 Å². The van der Waals surface area contributed by atoms with Crippen molar-refractivity contribution in [2.75, 3.05) is 0 Å². The van der Waals surface area contributed by atoms with E-state index in [9.17, 15) is 4.79 Å². The van der Waals surface area contributed by atoms with Gasteiger partial charge in [0.2, 0.25) is 0 Å². The summed E-state index contributed by atoms with van der Waals surface area (Å²) in [7, 11) is 0. The fourth-order valence-electron chi connectivity index (χ4n) is 1.16. The van der Waals surface area contributed by atoms with Gasteiger partial charge in [-0.1, -0.05) is 0 Å². The molecule has 2 aliphatic rings. The highest BCUT2D eigenvalue weighted by molar-refractivity contribution is 6.15. The molecule has 54 valence electrons. The number of carbonyl (C=O) groups excluding carboxylic acids is 1. The highest BCUT2D eigenvalue weighted by Crippen LogP contribution is 2.18. The Morgan fingerprint density at radius 2 is 2.45 bits per heavy atom. The molecule has 0 amide bonds. The Morgan fingerprint density at radius 3 is 3.27 bits per heavy atom. The number of fused-ring (bicyclic) bond motifs is 1. The first kappa shape index (κ1) is 6.22. The van der Waals surface area contributed by atoms with Gasteiger partial charge in [-0.3, -0.25) is 14.8 Å². The lowest BCUT2D eigenvalue weighted by atomic mass is 10.1. The van der Waals surface area contributed by atoms with Crippen molar-refractivity contribution in [1.29, 1.82) is 0 Å². The molecule has 0 aromatic heterocycles. The fourth-order valence-corrected chi connectivity index (χ4v) is 1.16. The summed E-state index contributed by atoms with van der Waals surface area (Å²) in [6.07, 6.45) is 6.72. The summed E-state index contributed by atoms with van der Waals surface area (Å²) in [5.74, 6) is 0. The van der Waals surface area contributed by atoms with Gasteiger partial charge in [0.15, 0.2) is 6.29 Å². The van der Waals surface area contributed by atoms with Crippen molar-refractivity contribution in [3.63, 3.8) is 0 Å². The quantitative estimate of drug-likeness (QED) is 0.506. The maximum atomic E-state index is 10.4. The minimum absolute atomic E-state index is 0.490. The normalized spacial score (nSPS) is 20.2. The molecule has 3 nitrogen and oxygen atoms in total. The molecule has 2 rings (SSSR count). The van der Waals surface area contributed by atoms with Crippen LogP contribution in [0.2, 0.25) is 0 Å². The van der Waals surface area contributed by atoms with E-state index in [1.165, 1.54) is 0 Å². The van der Waals surface area contributed by atoms with E-state index in [0.29, 0.717) is 5.70 Å². The van der Waals surface area contributed by atoms with Crippen LogP contribution in [0.3, 0.4) is 0 Å². The van der Waals surface area contributed by atoms with Crippen molar-refractivity contribution in [2.45, 2.75) is 6.42 Å². The maximum absolute atomic E-state index is 10.4. The third-order valence-electron chi connectivity index (χ3n) is 1.69. The van der Waals surface area contributed by atoms with Crippen molar-refractivity contribution < 1.29 is 4.79 Å². The van der Waals surface area contributed by atoms with Crippen LogP contribution in [0.25, 0.3) is 0 Å². The summed E-state index contributed by atoms with van der Waals surface area (Å²) >= 11 is 0. The molecule has 0 aliphatic carbocycles. The Kier molecular flexibility index (Phi) is 1.28.